The second-order valence-electron chi connectivity index (χ2n) is 5.39. The van der Waals surface area contributed by atoms with E-state index in [1.807, 2.05) is 12.4 Å². The van der Waals surface area contributed by atoms with Crippen molar-refractivity contribution >= 4 is 5.82 Å². The number of hydrogen-bond donors (Lipinski definition) is 1. The van der Waals surface area contributed by atoms with Crippen molar-refractivity contribution in [2.45, 2.75) is 32.4 Å². The topological polar surface area (TPSA) is 44.3 Å². The highest BCUT2D eigenvalue weighted by Crippen LogP contribution is 2.19. The lowest BCUT2D eigenvalue weighted by Gasteiger charge is -2.20. The van der Waals surface area contributed by atoms with Crippen LogP contribution in [0.2, 0.25) is 0 Å². The van der Waals surface area contributed by atoms with Crippen molar-refractivity contribution in [3.63, 3.8) is 0 Å². The molecule has 2 heterocycles. The van der Waals surface area contributed by atoms with Crippen molar-refractivity contribution in [1.29, 1.82) is 0 Å². The molecule has 5 nitrogen and oxygen atoms in total. The molecule has 19 heavy (non-hydrogen) atoms. The zero-order valence-corrected chi connectivity index (χ0v) is 12.3. The van der Waals surface area contributed by atoms with Gasteiger partial charge in [-0.15, -0.1) is 0 Å². The Morgan fingerprint density at radius 3 is 2.79 bits per heavy atom. The molecule has 1 aromatic rings. The first-order valence-corrected chi connectivity index (χ1v) is 7.13. The number of likely N-dealkylation sites (N-methyl/N-ethyl adjacent to an activating group) is 1. The molecule has 1 aliphatic rings. The van der Waals surface area contributed by atoms with E-state index in [2.05, 4.69) is 46.1 Å². The maximum Gasteiger partial charge on any atom is 0.147 e. The highest BCUT2D eigenvalue weighted by molar-refractivity contribution is 5.37. The minimum absolute atomic E-state index is 0.632. The summed E-state index contributed by atoms with van der Waals surface area (Å²) in [5, 5.41) is 3.34. The Morgan fingerprint density at radius 1 is 1.37 bits per heavy atom. The van der Waals surface area contributed by atoms with Gasteiger partial charge in [-0.2, -0.15) is 0 Å². The highest BCUT2D eigenvalue weighted by atomic mass is 15.3. The Bertz CT molecular complexity index is 376. The molecule has 0 aromatic carbocycles. The van der Waals surface area contributed by atoms with Gasteiger partial charge >= 0.3 is 0 Å². The first-order valence-electron chi connectivity index (χ1n) is 7.13. The van der Waals surface area contributed by atoms with Gasteiger partial charge in [0.25, 0.3) is 0 Å². The van der Waals surface area contributed by atoms with E-state index in [0.29, 0.717) is 6.04 Å². The molecular weight excluding hydrogens is 238 g/mol. The van der Waals surface area contributed by atoms with E-state index in [1.54, 1.807) is 0 Å². The van der Waals surface area contributed by atoms with Crippen molar-refractivity contribution in [3.8, 4) is 0 Å². The van der Waals surface area contributed by atoms with Crippen LogP contribution in [0.4, 0.5) is 5.82 Å². The van der Waals surface area contributed by atoms with Gasteiger partial charge in [0, 0.05) is 25.7 Å². The average Bonchev–Trinajstić information content (AvgIpc) is 2.90. The summed E-state index contributed by atoms with van der Waals surface area (Å²) in [6.45, 7) is 6.12. The largest absolute Gasteiger partial charge is 0.354 e. The molecule has 0 bridgehead atoms. The van der Waals surface area contributed by atoms with Crippen LogP contribution in [-0.2, 0) is 6.54 Å². The lowest BCUT2D eigenvalue weighted by Crippen LogP contribution is -2.31. The molecule has 0 amide bonds. The minimum Gasteiger partial charge on any atom is -0.354 e. The maximum absolute atomic E-state index is 4.54. The van der Waals surface area contributed by atoms with Crippen LogP contribution in [0.25, 0.3) is 0 Å². The second kappa shape index (κ2) is 6.82. The smallest absolute Gasteiger partial charge is 0.147 e. The molecule has 1 aliphatic heterocycles. The van der Waals surface area contributed by atoms with Gasteiger partial charge in [-0.1, -0.05) is 6.92 Å². The summed E-state index contributed by atoms with van der Waals surface area (Å²) in [6, 6.07) is 0.632. The number of hydrogen-bond acceptors (Lipinski definition) is 5. The molecule has 0 aliphatic carbocycles. The number of nitrogens with one attached hydrogen (secondary N) is 1. The molecule has 0 saturated carbocycles. The molecule has 2 rings (SSSR count). The van der Waals surface area contributed by atoms with Gasteiger partial charge < -0.3 is 15.1 Å². The van der Waals surface area contributed by atoms with E-state index in [4.69, 9.17) is 0 Å². The number of aromatic nitrogens is 2. The molecular formula is C14H25N5. The summed E-state index contributed by atoms with van der Waals surface area (Å²) < 4.78 is 0. The fourth-order valence-electron chi connectivity index (χ4n) is 2.37. The second-order valence-corrected chi connectivity index (χ2v) is 5.39. The van der Waals surface area contributed by atoms with Gasteiger partial charge in [0.15, 0.2) is 0 Å². The quantitative estimate of drug-likeness (QED) is 0.779. The van der Waals surface area contributed by atoms with Crippen LogP contribution < -0.4 is 10.2 Å². The molecule has 1 fully saturated rings. The molecule has 1 unspecified atom stereocenters. The zero-order valence-electron chi connectivity index (χ0n) is 12.3. The Balaban J connectivity index is 1.88. The normalized spacial score (nSPS) is 19.4. The van der Waals surface area contributed by atoms with Crippen LogP contribution in [0, 0.1) is 0 Å². The third kappa shape index (κ3) is 3.88. The monoisotopic (exact) mass is 263 g/mol. The predicted octanol–water partition coefficient (Wildman–Crippen LogP) is 1.12. The number of anilines is 1. The van der Waals surface area contributed by atoms with E-state index in [0.717, 1.165) is 44.1 Å². The summed E-state index contributed by atoms with van der Waals surface area (Å²) >= 11 is 0. The van der Waals surface area contributed by atoms with E-state index in [1.165, 1.54) is 6.42 Å². The van der Waals surface area contributed by atoms with Crippen LogP contribution in [-0.4, -0.2) is 54.6 Å². The highest BCUT2D eigenvalue weighted by Gasteiger charge is 2.24. The zero-order chi connectivity index (χ0) is 13.7. The van der Waals surface area contributed by atoms with Crippen LogP contribution in [0.1, 0.15) is 25.5 Å². The van der Waals surface area contributed by atoms with Gasteiger partial charge in [-0.25, -0.2) is 4.98 Å². The van der Waals surface area contributed by atoms with Crippen molar-refractivity contribution in [2.24, 2.45) is 0 Å². The Kier molecular flexibility index (Phi) is 5.10. The molecule has 106 valence electrons. The van der Waals surface area contributed by atoms with Gasteiger partial charge in [0.05, 0.1) is 18.1 Å². The molecule has 0 spiro atoms. The Hall–Kier alpha value is -1.20. The van der Waals surface area contributed by atoms with Crippen molar-refractivity contribution in [1.82, 2.24) is 20.2 Å². The number of rotatable bonds is 6. The minimum atomic E-state index is 0.632. The fraction of sp³-hybridized carbons (Fsp3) is 0.714. The van der Waals surface area contributed by atoms with Gasteiger partial charge in [0.1, 0.15) is 5.82 Å². The van der Waals surface area contributed by atoms with Crippen molar-refractivity contribution < 1.29 is 0 Å². The van der Waals surface area contributed by atoms with Crippen LogP contribution in [0.3, 0.4) is 0 Å². The lowest BCUT2D eigenvalue weighted by molar-refractivity contribution is 0.315. The van der Waals surface area contributed by atoms with Gasteiger partial charge in [-0.05, 0) is 33.5 Å². The maximum atomic E-state index is 4.54. The summed E-state index contributed by atoms with van der Waals surface area (Å²) in [5.41, 5.74) is 1.01. The van der Waals surface area contributed by atoms with E-state index >= 15 is 0 Å². The first-order chi connectivity index (χ1) is 9.20. The van der Waals surface area contributed by atoms with Crippen LogP contribution >= 0.6 is 0 Å². The Labute approximate surface area is 116 Å². The third-order valence-electron chi connectivity index (χ3n) is 3.64. The standard InChI is InChI=1S/C14H25N5/c1-4-6-15-8-12-9-17-14(10-16-12)19-7-5-13(11-19)18(2)3/h9-10,13,15H,4-8,11H2,1-3H3. The van der Waals surface area contributed by atoms with Gasteiger partial charge in [-0.3, -0.25) is 4.98 Å². The summed E-state index contributed by atoms with van der Waals surface area (Å²) in [6.07, 6.45) is 6.14. The number of nitrogens with zero attached hydrogens (tertiary/aromatic N) is 4. The third-order valence-corrected chi connectivity index (χ3v) is 3.64. The molecule has 1 atom stereocenters. The summed E-state index contributed by atoms with van der Waals surface area (Å²) in [5.74, 6) is 1.00. The molecule has 1 aromatic heterocycles. The molecule has 1 saturated heterocycles. The van der Waals surface area contributed by atoms with E-state index in [9.17, 15) is 0 Å². The SMILES string of the molecule is CCCNCc1cnc(N2CCC(N(C)C)C2)cn1. The van der Waals surface area contributed by atoms with Crippen LogP contribution in [0.15, 0.2) is 12.4 Å². The first kappa shape index (κ1) is 14.2. The van der Waals surface area contributed by atoms with Crippen LogP contribution in [0.5, 0.6) is 0 Å². The average molecular weight is 263 g/mol. The summed E-state index contributed by atoms with van der Waals surface area (Å²) in [4.78, 5) is 13.6. The van der Waals surface area contributed by atoms with Crippen molar-refractivity contribution in [3.05, 3.63) is 18.1 Å². The molecule has 5 heteroatoms. The Morgan fingerprint density at radius 2 is 2.21 bits per heavy atom. The fourth-order valence-corrected chi connectivity index (χ4v) is 2.37. The predicted molar refractivity (Wildman–Crippen MR) is 78.3 cm³/mol. The molecule has 0 radical (unpaired) electrons. The van der Waals surface area contributed by atoms with E-state index in [-0.39, 0.29) is 0 Å². The van der Waals surface area contributed by atoms with Gasteiger partial charge in [0.2, 0.25) is 0 Å². The lowest BCUT2D eigenvalue weighted by atomic mass is 10.2. The molecule has 1 N–H and O–H groups in total. The van der Waals surface area contributed by atoms with E-state index < -0.39 is 0 Å². The van der Waals surface area contributed by atoms with Crippen molar-refractivity contribution in [2.75, 3.05) is 38.6 Å². The summed E-state index contributed by atoms with van der Waals surface area (Å²) in [7, 11) is 4.28.